The van der Waals surface area contributed by atoms with Crippen LogP contribution in [0.5, 0.6) is 0 Å². The van der Waals surface area contributed by atoms with E-state index in [0.717, 1.165) is 26.2 Å². The molecule has 2 aliphatic rings. The second-order valence-electron chi connectivity index (χ2n) is 5.78. The van der Waals surface area contributed by atoms with Crippen molar-refractivity contribution >= 4 is 5.91 Å². The SMILES string of the molecule is CC1CCCN(C(=O)CN2CCCCCC2)C1. The summed E-state index contributed by atoms with van der Waals surface area (Å²) in [5.74, 6) is 1.05. The molecule has 3 nitrogen and oxygen atoms in total. The molecule has 0 aromatic rings. The molecule has 2 rings (SSSR count). The van der Waals surface area contributed by atoms with Crippen LogP contribution in [0, 0.1) is 5.92 Å². The van der Waals surface area contributed by atoms with E-state index in [2.05, 4.69) is 16.7 Å². The van der Waals surface area contributed by atoms with Gasteiger partial charge in [-0.1, -0.05) is 19.8 Å². The average molecular weight is 238 g/mol. The first-order valence-corrected chi connectivity index (χ1v) is 7.26. The van der Waals surface area contributed by atoms with Gasteiger partial charge in [-0.25, -0.2) is 0 Å². The van der Waals surface area contributed by atoms with Gasteiger partial charge in [-0.3, -0.25) is 9.69 Å². The lowest BCUT2D eigenvalue weighted by Gasteiger charge is -2.32. The highest BCUT2D eigenvalue weighted by Gasteiger charge is 2.22. The minimum absolute atomic E-state index is 0.360. The van der Waals surface area contributed by atoms with Crippen molar-refractivity contribution in [2.24, 2.45) is 5.92 Å². The quantitative estimate of drug-likeness (QED) is 0.735. The maximum atomic E-state index is 12.2. The molecule has 0 aromatic heterocycles. The topological polar surface area (TPSA) is 23.6 Å². The fourth-order valence-electron chi connectivity index (χ4n) is 3.00. The van der Waals surface area contributed by atoms with E-state index >= 15 is 0 Å². The van der Waals surface area contributed by atoms with Gasteiger partial charge in [0.2, 0.25) is 5.91 Å². The zero-order valence-corrected chi connectivity index (χ0v) is 11.2. The highest BCUT2D eigenvalue weighted by atomic mass is 16.2. The molecule has 0 saturated carbocycles. The average Bonchev–Trinajstić information content (AvgIpc) is 2.57. The molecule has 2 aliphatic heterocycles. The minimum atomic E-state index is 0.360. The highest BCUT2D eigenvalue weighted by molar-refractivity contribution is 5.78. The Labute approximate surface area is 105 Å². The molecule has 1 unspecified atom stereocenters. The lowest BCUT2D eigenvalue weighted by molar-refractivity contribution is -0.134. The lowest BCUT2D eigenvalue weighted by atomic mass is 10.0. The first-order valence-electron chi connectivity index (χ1n) is 7.26. The smallest absolute Gasteiger partial charge is 0.236 e. The Bertz CT molecular complexity index is 247. The highest BCUT2D eigenvalue weighted by Crippen LogP contribution is 2.16. The summed E-state index contributed by atoms with van der Waals surface area (Å²) in [5.41, 5.74) is 0. The molecule has 1 amide bonds. The maximum Gasteiger partial charge on any atom is 0.236 e. The van der Waals surface area contributed by atoms with E-state index in [0.29, 0.717) is 18.4 Å². The van der Waals surface area contributed by atoms with Crippen LogP contribution in [-0.2, 0) is 4.79 Å². The van der Waals surface area contributed by atoms with E-state index in [-0.39, 0.29) is 0 Å². The van der Waals surface area contributed by atoms with Gasteiger partial charge < -0.3 is 4.90 Å². The number of piperidine rings is 1. The molecule has 3 heteroatoms. The monoisotopic (exact) mass is 238 g/mol. The van der Waals surface area contributed by atoms with Gasteiger partial charge in [0.05, 0.1) is 6.54 Å². The molecular formula is C14H26N2O. The van der Waals surface area contributed by atoms with Crippen molar-refractivity contribution < 1.29 is 4.79 Å². The van der Waals surface area contributed by atoms with Crippen molar-refractivity contribution in [3.05, 3.63) is 0 Å². The third-order valence-electron chi connectivity index (χ3n) is 4.07. The largest absolute Gasteiger partial charge is 0.341 e. The van der Waals surface area contributed by atoms with E-state index in [1.54, 1.807) is 0 Å². The molecule has 2 saturated heterocycles. The first-order chi connectivity index (χ1) is 8.25. The lowest BCUT2D eigenvalue weighted by Crippen LogP contribution is -2.44. The van der Waals surface area contributed by atoms with Crippen molar-refractivity contribution in [3.8, 4) is 0 Å². The number of carbonyl (C=O) groups is 1. The van der Waals surface area contributed by atoms with Crippen LogP contribution in [0.3, 0.4) is 0 Å². The third kappa shape index (κ3) is 3.98. The Morgan fingerprint density at radius 3 is 2.41 bits per heavy atom. The second kappa shape index (κ2) is 6.39. The molecule has 17 heavy (non-hydrogen) atoms. The molecule has 2 heterocycles. The van der Waals surface area contributed by atoms with Crippen LogP contribution in [-0.4, -0.2) is 48.4 Å². The van der Waals surface area contributed by atoms with Crippen LogP contribution >= 0.6 is 0 Å². The van der Waals surface area contributed by atoms with Crippen molar-refractivity contribution in [2.45, 2.75) is 45.4 Å². The molecule has 0 aliphatic carbocycles. The third-order valence-corrected chi connectivity index (χ3v) is 4.07. The van der Waals surface area contributed by atoms with Gasteiger partial charge in [0.15, 0.2) is 0 Å². The zero-order chi connectivity index (χ0) is 12.1. The second-order valence-corrected chi connectivity index (χ2v) is 5.78. The predicted molar refractivity (Wildman–Crippen MR) is 69.9 cm³/mol. The van der Waals surface area contributed by atoms with Gasteiger partial charge in [0.1, 0.15) is 0 Å². The molecular weight excluding hydrogens is 212 g/mol. The number of rotatable bonds is 2. The Morgan fingerprint density at radius 2 is 1.76 bits per heavy atom. The standard InChI is InChI=1S/C14H26N2O/c1-13-7-6-10-16(11-13)14(17)12-15-8-4-2-3-5-9-15/h13H,2-12H2,1H3. The molecule has 98 valence electrons. The van der Waals surface area contributed by atoms with E-state index in [1.165, 1.54) is 38.5 Å². The molecule has 0 bridgehead atoms. The molecule has 0 radical (unpaired) electrons. The molecule has 0 spiro atoms. The van der Waals surface area contributed by atoms with E-state index in [4.69, 9.17) is 0 Å². The van der Waals surface area contributed by atoms with Crippen molar-refractivity contribution in [2.75, 3.05) is 32.7 Å². The number of nitrogens with zero attached hydrogens (tertiary/aromatic N) is 2. The number of hydrogen-bond donors (Lipinski definition) is 0. The van der Waals surface area contributed by atoms with Crippen LogP contribution in [0.15, 0.2) is 0 Å². The van der Waals surface area contributed by atoms with E-state index in [9.17, 15) is 4.79 Å². The molecule has 2 fully saturated rings. The minimum Gasteiger partial charge on any atom is -0.341 e. The Hall–Kier alpha value is -0.570. The van der Waals surface area contributed by atoms with Crippen LogP contribution < -0.4 is 0 Å². The van der Waals surface area contributed by atoms with Crippen LogP contribution in [0.25, 0.3) is 0 Å². The number of likely N-dealkylation sites (tertiary alicyclic amines) is 2. The molecule has 1 atom stereocenters. The van der Waals surface area contributed by atoms with Crippen LogP contribution in [0.2, 0.25) is 0 Å². The van der Waals surface area contributed by atoms with Gasteiger partial charge in [0.25, 0.3) is 0 Å². The molecule has 0 N–H and O–H groups in total. The zero-order valence-electron chi connectivity index (χ0n) is 11.2. The van der Waals surface area contributed by atoms with E-state index in [1.807, 2.05) is 0 Å². The summed E-state index contributed by atoms with van der Waals surface area (Å²) in [4.78, 5) is 16.6. The van der Waals surface area contributed by atoms with Gasteiger partial charge in [0, 0.05) is 13.1 Å². The number of hydrogen-bond acceptors (Lipinski definition) is 2. The first kappa shape index (κ1) is 12.9. The normalized spacial score (nSPS) is 27.8. The van der Waals surface area contributed by atoms with Crippen LogP contribution in [0.1, 0.15) is 45.4 Å². The van der Waals surface area contributed by atoms with Gasteiger partial charge in [-0.2, -0.15) is 0 Å². The maximum absolute atomic E-state index is 12.2. The van der Waals surface area contributed by atoms with Gasteiger partial charge in [-0.15, -0.1) is 0 Å². The Kier molecular flexibility index (Phi) is 4.84. The predicted octanol–water partition coefficient (Wildman–Crippen LogP) is 2.12. The van der Waals surface area contributed by atoms with Crippen molar-refractivity contribution in [3.63, 3.8) is 0 Å². The summed E-state index contributed by atoms with van der Waals surface area (Å²) in [5, 5.41) is 0. The summed E-state index contributed by atoms with van der Waals surface area (Å²) in [6, 6.07) is 0. The van der Waals surface area contributed by atoms with Crippen molar-refractivity contribution in [1.29, 1.82) is 0 Å². The van der Waals surface area contributed by atoms with Crippen LogP contribution in [0.4, 0.5) is 0 Å². The summed E-state index contributed by atoms with van der Waals surface area (Å²) < 4.78 is 0. The summed E-state index contributed by atoms with van der Waals surface area (Å²) in [7, 11) is 0. The van der Waals surface area contributed by atoms with Gasteiger partial charge >= 0.3 is 0 Å². The Morgan fingerprint density at radius 1 is 1.06 bits per heavy atom. The summed E-state index contributed by atoms with van der Waals surface area (Å²) in [6.07, 6.45) is 7.69. The van der Waals surface area contributed by atoms with E-state index < -0.39 is 0 Å². The number of carbonyl (C=O) groups excluding carboxylic acids is 1. The fourth-order valence-corrected chi connectivity index (χ4v) is 3.00. The summed E-state index contributed by atoms with van der Waals surface area (Å²) >= 11 is 0. The Balaban J connectivity index is 1.78. The fraction of sp³-hybridized carbons (Fsp3) is 0.929. The van der Waals surface area contributed by atoms with Crippen molar-refractivity contribution in [1.82, 2.24) is 9.80 Å². The van der Waals surface area contributed by atoms with Gasteiger partial charge in [-0.05, 0) is 44.7 Å². The summed E-state index contributed by atoms with van der Waals surface area (Å²) in [6.45, 7) is 7.12. The molecule has 0 aromatic carbocycles. The number of amides is 1.